The lowest BCUT2D eigenvalue weighted by Gasteiger charge is -2.34. The van der Waals surface area contributed by atoms with Gasteiger partial charge in [0.05, 0.1) is 6.54 Å². The number of hydrogen-bond donors (Lipinski definition) is 0. The zero-order chi connectivity index (χ0) is 16.7. The van der Waals surface area contributed by atoms with Gasteiger partial charge >= 0.3 is 0 Å². The third-order valence-electron chi connectivity index (χ3n) is 4.47. The number of carbonyl (C=O) groups is 1. The second-order valence-corrected chi connectivity index (χ2v) is 8.52. The van der Waals surface area contributed by atoms with Gasteiger partial charge in [-0.2, -0.15) is 0 Å². The van der Waals surface area contributed by atoms with Crippen molar-refractivity contribution in [2.75, 3.05) is 19.3 Å². The first kappa shape index (κ1) is 16.2. The van der Waals surface area contributed by atoms with E-state index in [9.17, 15) is 17.6 Å². The van der Waals surface area contributed by atoms with Crippen LogP contribution in [0.25, 0.3) is 0 Å². The van der Waals surface area contributed by atoms with E-state index in [-0.39, 0.29) is 24.4 Å². The number of amides is 1. The second-order valence-electron chi connectivity index (χ2n) is 6.19. The molecule has 1 aliphatic heterocycles. The number of ether oxygens (including phenoxy) is 1. The molecule has 0 aromatic carbocycles. The maximum absolute atomic E-state index is 13.6. The standard InChI is InChI=1S/C15H19FN2O4S/c1-23(20,21)15(6-7-15)14(19)18-9-3-4-11(10-18)22-13-12(16)5-2-8-17-13/h2,5,8,11H,3-4,6-7,9-10H2,1H3. The predicted octanol–water partition coefficient (Wildman–Crippen LogP) is 1.17. The van der Waals surface area contributed by atoms with Crippen molar-refractivity contribution in [2.45, 2.75) is 36.5 Å². The molecule has 0 radical (unpaired) electrons. The van der Waals surface area contributed by atoms with Gasteiger partial charge in [0.15, 0.2) is 20.4 Å². The predicted molar refractivity (Wildman–Crippen MR) is 81.2 cm³/mol. The van der Waals surface area contributed by atoms with Crippen LogP contribution in [0.2, 0.25) is 0 Å². The molecule has 23 heavy (non-hydrogen) atoms. The second kappa shape index (κ2) is 5.74. The fourth-order valence-corrected chi connectivity index (χ4v) is 4.27. The SMILES string of the molecule is CS(=O)(=O)C1(C(=O)N2CCCC(Oc3ncccc3F)C2)CC1. The molecule has 2 heterocycles. The maximum Gasteiger partial charge on any atom is 0.250 e. The lowest BCUT2D eigenvalue weighted by Crippen LogP contribution is -2.51. The van der Waals surface area contributed by atoms with E-state index in [1.807, 2.05) is 0 Å². The van der Waals surface area contributed by atoms with Crippen LogP contribution >= 0.6 is 0 Å². The van der Waals surface area contributed by atoms with E-state index in [0.717, 1.165) is 6.26 Å². The van der Waals surface area contributed by atoms with Crippen molar-refractivity contribution in [3.63, 3.8) is 0 Å². The smallest absolute Gasteiger partial charge is 0.250 e. The highest BCUT2D eigenvalue weighted by Gasteiger charge is 2.60. The fraction of sp³-hybridized carbons (Fsp3) is 0.600. The van der Waals surface area contributed by atoms with E-state index in [1.165, 1.54) is 23.2 Å². The van der Waals surface area contributed by atoms with Crippen molar-refractivity contribution >= 4 is 15.7 Å². The van der Waals surface area contributed by atoms with Crippen molar-refractivity contribution in [1.82, 2.24) is 9.88 Å². The quantitative estimate of drug-likeness (QED) is 0.821. The van der Waals surface area contributed by atoms with Crippen LogP contribution in [-0.2, 0) is 14.6 Å². The molecule has 2 fully saturated rings. The molecule has 1 aromatic rings. The van der Waals surface area contributed by atoms with Crippen LogP contribution < -0.4 is 4.74 Å². The molecule has 1 amide bonds. The summed E-state index contributed by atoms with van der Waals surface area (Å²) in [6, 6.07) is 2.73. The monoisotopic (exact) mass is 342 g/mol. The number of sulfone groups is 1. The molecule has 1 atom stereocenters. The molecule has 1 saturated carbocycles. The van der Waals surface area contributed by atoms with Gasteiger partial charge in [-0.1, -0.05) is 0 Å². The van der Waals surface area contributed by atoms with Crippen LogP contribution in [0.1, 0.15) is 25.7 Å². The highest BCUT2D eigenvalue weighted by atomic mass is 32.2. The number of carbonyl (C=O) groups excluding carboxylic acids is 1. The zero-order valence-electron chi connectivity index (χ0n) is 12.9. The minimum atomic E-state index is -3.43. The fourth-order valence-electron chi connectivity index (χ4n) is 2.98. The molecule has 2 aliphatic rings. The number of likely N-dealkylation sites (tertiary alicyclic amines) is 1. The molecule has 1 aliphatic carbocycles. The summed E-state index contributed by atoms with van der Waals surface area (Å²) in [6.45, 7) is 0.757. The van der Waals surface area contributed by atoms with Gasteiger partial charge < -0.3 is 9.64 Å². The van der Waals surface area contributed by atoms with Crippen LogP contribution in [0.15, 0.2) is 18.3 Å². The van der Waals surface area contributed by atoms with Gasteiger partial charge in [-0.05, 0) is 37.8 Å². The first-order chi connectivity index (χ1) is 10.8. The summed E-state index contributed by atoms with van der Waals surface area (Å²) < 4.78 is 41.7. The van der Waals surface area contributed by atoms with Crippen LogP contribution in [0.5, 0.6) is 5.88 Å². The Morgan fingerprint density at radius 1 is 1.48 bits per heavy atom. The van der Waals surface area contributed by atoms with Gasteiger partial charge in [-0.25, -0.2) is 17.8 Å². The van der Waals surface area contributed by atoms with Gasteiger partial charge in [0.1, 0.15) is 6.10 Å². The third kappa shape index (κ3) is 3.04. The first-order valence-electron chi connectivity index (χ1n) is 7.60. The molecule has 8 heteroatoms. The summed E-state index contributed by atoms with van der Waals surface area (Å²) in [5.74, 6) is -0.989. The Balaban J connectivity index is 1.70. The number of pyridine rings is 1. The Hall–Kier alpha value is -1.70. The summed E-state index contributed by atoms with van der Waals surface area (Å²) in [7, 11) is -3.43. The first-order valence-corrected chi connectivity index (χ1v) is 9.49. The Bertz CT molecular complexity index is 718. The van der Waals surface area contributed by atoms with Gasteiger partial charge in [-0.3, -0.25) is 4.79 Å². The summed E-state index contributed by atoms with van der Waals surface area (Å²) in [5, 5.41) is 0. The summed E-state index contributed by atoms with van der Waals surface area (Å²) in [5.41, 5.74) is 0. The van der Waals surface area contributed by atoms with Gasteiger partial charge in [0.25, 0.3) is 5.88 Å². The lowest BCUT2D eigenvalue weighted by molar-refractivity contribution is -0.134. The molecule has 0 bridgehead atoms. The molecule has 126 valence electrons. The van der Waals surface area contributed by atoms with Gasteiger partial charge in [0.2, 0.25) is 5.91 Å². The van der Waals surface area contributed by atoms with E-state index in [1.54, 1.807) is 0 Å². The van der Waals surface area contributed by atoms with E-state index < -0.39 is 20.4 Å². The number of halogens is 1. The maximum atomic E-state index is 13.6. The molecule has 0 spiro atoms. The summed E-state index contributed by atoms with van der Waals surface area (Å²) >= 11 is 0. The third-order valence-corrected chi connectivity index (χ3v) is 6.47. The van der Waals surface area contributed by atoms with Crippen molar-refractivity contribution < 1.29 is 22.3 Å². The minimum absolute atomic E-state index is 0.0870. The van der Waals surface area contributed by atoms with Crippen molar-refractivity contribution in [3.8, 4) is 5.88 Å². The van der Waals surface area contributed by atoms with Crippen LogP contribution in [0.3, 0.4) is 0 Å². The number of piperidine rings is 1. The average Bonchev–Trinajstić information content (AvgIpc) is 3.31. The molecule has 1 unspecified atom stereocenters. The zero-order valence-corrected chi connectivity index (χ0v) is 13.7. The van der Waals surface area contributed by atoms with E-state index in [0.29, 0.717) is 32.2 Å². The number of rotatable bonds is 4. The Kier molecular flexibility index (Phi) is 4.03. The molecule has 3 rings (SSSR count). The minimum Gasteiger partial charge on any atom is -0.470 e. The van der Waals surface area contributed by atoms with Crippen LogP contribution in [0, 0.1) is 5.82 Å². The van der Waals surface area contributed by atoms with E-state index in [4.69, 9.17) is 4.74 Å². The van der Waals surface area contributed by atoms with Crippen molar-refractivity contribution in [2.24, 2.45) is 0 Å². The molecule has 6 nitrogen and oxygen atoms in total. The van der Waals surface area contributed by atoms with Gasteiger partial charge in [-0.15, -0.1) is 0 Å². The molecule has 0 N–H and O–H groups in total. The van der Waals surface area contributed by atoms with Gasteiger partial charge in [0, 0.05) is 19.0 Å². The highest BCUT2D eigenvalue weighted by molar-refractivity contribution is 7.93. The van der Waals surface area contributed by atoms with E-state index in [2.05, 4.69) is 4.98 Å². The Morgan fingerprint density at radius 3 is 2.83 bits per heavy atom. The average molecular weight is 342 g/mol. The highest BCUT2D eigenvalue weighted by Crippen LogP contribution is 2.45. The van der Waals surface area contributed by atoms with Crippen LogP contribution in [0.4, 0.5) is 4.39 Å². The number of nitrogens with zero attached hydrogens (tertiary/aromatic N) is 2. The molecular formula is C15H19FN2O4S. The Labute approximate surface area is 134 Å². The number of hydrogen-bond acceptors (Lipinski definition) is 5. The van der Waals surface area contributed by atoms with Crippen molar-refractivity contribution in [1.29, 1.82) is 0 Å². The summed E-state index contributed by atoms with van der Waals surface area (Å²) in [6.07, 6.45) is 4.28. The van der Waals surface area contributed by atoms with Crippen molar-refractivity contribution in [3.05, 3.63) is 24.1 Å². The molecular weight excluding hydrogens is 323 g/mol. The normalized spacial score (nSPS) is 23.4. The topological polar surface area (TPSA) is 76.6 Å². The number of aromatic nitrogens is 1. The molecule has 1 saturated heterocycles. The van der Waals surface area contributed by atoms with E-state index >= 15 is 0 Å². The summed E-state index contributed by atoms with van der Waals surface area (Å²) in [4.78, 5) is 18.0. The lowest BCUT2D eigenvalue weighted by atomic mass is 10.1. The Morgan fingerprint density at radius 2 is 2.22 bits per heavy atom. The largest absolute Gasteiger partial charge is 0.470 e. The molecule has 1 aromatic heterocycles. The van der Waals surface area contributed by atoms with Crippen LogP contribution in [-0.4, -0.2) is 54.4 Å².